The van der Waals surface area contributed by atoms with E-state index in [0.717, 1.165) is 0 Å². The minimum absolute atomic E-state index is 0.126. The number of halogens is 1. The zero-order valence-electron chi connectivity index (χ0n) is 23.5. The number of carbonyl (C=O) groups excluding carboxylic acids is 1. The van der Waals surface area contributed by atoms with Gasteiger partial charge in [0.2, 0.25) is 20.0 Å². The van der Waals surface area contributed by atoms with Crippen LogP contribution in [0, 0.1) is 12.7 Å². The molecule has 12 heteroatoms. The number of sulfonamides is 2. The zero-order valence-corrected chi connectivity index (χ0v) is 25.1. The molecule has 1 aromatic heterocycles. The molecule has 1 aliphatic rings. The molecule has 222 valence electrons. The largest absolute Gasteiger partial charge is 0.455 e. The number of hydrogen-bond acceptors (Lipinski definition) is 6. The van der Waals surface area contributed by atoms with Gasteiger partial charge in [-0.3, -0.25) is 9.52 Å². The summed E-state index contributed by atoms with van der Waals surface area (Å²) in [5, 5.41) is 3.05. The van der Waals surface area contributed by atoms with Crippen LogP contribution in [0.5, 0.6) is 0 Å². The average Bonchev–Trinajstić information content (AvgIpc) is 3.35. The van der Waals surface area contributed by atoms with Gasteiger partial charge in [-0.2, -0.15) is 4.31 Å². The van der Waals surface area contributed by atoms with Crippen LogP contribution < -0.4 is 10.0 Å². The van der Waals surface area contributed by atoms with E-state index in [1.165, 1.54) is 48.6 Å². The number of fused-ring (bicyclic) bond motifs is 1. The number of nitrogens with one attached hydrogen (secondary N) is 2. The Hall–Kier alpha value is -3.74. The first-order chi connectivity index (χ1) is 19.9. The van der Waals surface area contributed by atoms with E-state index in [9.17, 15) is 26.0 Å². The molecule has 3 aromatic carbocycles. The van der Waals surface area contributed by atoms with Crippen LogP contribution in [0.25, 0.3) is 22.3 Å². The summed E-state index contributed by atoms with van der Waals surface area (Å²) in [6.07, 6.45) is 1.16. The Morgan fingerprint density at radius 3 is 2.45 bits per heavy atom. The Balaban J connectivity index is 1.66. The molecule has 5 rings (SSSR count). The molecule has 0 saturated carbocycles. The van der Waals surface area contributed by atoms with Crippen molar-refractivity contribution in [2.24, 2.45) is 0 Å². The Kier molecular flexibility index (Phi) is 8.15. The highest BCUT2D eigenvalue weighted by Gasteiger charge is 2.34. The molecule has 0 aliphatic carbocycles. The van der Waals surface area contributed by atoms with Crippen molar-refractivity contribution < 1.29 is 30.4 Å². The van der Waals surface area contributed by atoms with Gasteiger partial charge in [-0.1, -0.05) is 18.2 Å². The minimum atomic E-state index is -3.81. The Labute approximate surface area is 244 Å². The normalized spacial score (nSPS) is 16.4. The fourth-order valence-electron chi connectivity index (χ4n) is 5.38. The van der Waals surface area contributed by atoms with E-state index < -0.39 is 31.8 Å². The number of aryl methyl sites for hydroxylation is 1. The van der Waals surface area contributed by atoms with Gasteiger partial charge in [0.15, 0.2) is 0 Å². The van der Waals surface area contributed by atoms with Gasteiger partial charge in [-0.05, 0) is 80.1 Å². The summed E-state index contributed by atoms with van der Waals surface area (Å²) >= 11 is 0. The lowest BCUT2D eigenvalue weighted by molar-refractivity contribution is 0.0964. The van der Waals surface area contributed by atoms with Crippen molar-refractivity contribution in [3.8, 4) is 11.3 Å². The maximum Gasteiger partial charge on any atom is 0.255 e. The van der Waals surface area contributed by atoms with E-state index in [-0.39, 0.29) is 45.7 Å². The fourth-order valence-corrected chi connectivity index (χ4v) is 7.79. The van der Waals surface area contributed by atoms with Crippen LogP contribution in [0.15, 0.2) is 70.0 Å². The zero-order chi connectivity index (χ0) is 30.2. The molecule has 0 spiro atoms. The summed E-state index contributed by atoms with van der Waals surface area (Å²) in [4.78, 5) is 13.4. The second kappa shape index (κ2) is 11.5. The van der Waals surface area contributed by atoms with Crippen molar-refractivity contribution in [2.75, 3.05) is 30.6 Å². The highest BCUT2D eigenvalue weighted by atomic mass is 32.2. The van der Waals surface area contributed by atoms with Crippen molar-refractivity contribution in [3.63, 3.8) is 0 Å². The third-order valence-corrected chi connectivity index (χ3v) is 10.9. The second-order valence-electron chi connectivity index (χ2n) is 10.3. The smallest absolute Gasteiger partial charge is 0.255 e. The first kappa shape index (κ1) is 29.7. The second-order valence-corrected chi connectivity index (χ2v) is 14.2. The number of hydrogen-bond donors (Lipinski definition) is 2. The van der Waals surface area contributed by atoms with Crippen LogP contribution in [0.4, 0.5) is 10.1 Å². The summed E-state index contributed by atoms with van der Waals surface area (Å²) in [7, 11) is -6.05. The molecule has 4 aromatic rings. The van der Waals surface area contributed by atoms with E-state index in [0.29, 0.717) is 41.5 Å². The van der Waals surface area contributed by atoms with Crippen LogP contribution in [0.1, 0.15) is 47.2 Å². The van der Waals surface area contributed by atoms with Crippen molar-refractivity contribution in [1.82, 2.24) is 9.62 Å². The van der Waals surface area contributed by atoms with E-state index in [2.05, 4.69) is 10.0 Å². The summed E-state index contributed by atoms with van der Waals surface area (Å²) in [5.74, 6) is -1.23. The lowest BCUT2D eigenvalue weighted by Crippen LogP contribution is -2.39. The number of carbonyl (C=O) groups is 1. The molecule has 42 heavy (non-hydrogen) atoms. The van der Waals surface area contributed by atoms with E-state index >= 15 is 0 Å². The maximum absolute atomic E-state index is 13.7. The van der Waals surface area contributed by atoms with Crippen LogP contribution in [-0.4, -0.2) is 52.9 Å². The van der Waals surface area contributed by atoms with E-state index in [1.54, 1.807) is 37.3 Å². The quantitative estimate of drug-likeness (QED) is 0.280. The molecule has 2 heterocycles. The van der Waals surface area contributed by atoms with Crippen molar-refractivity contribution in [1.29, 1.82) is 0 Å². The standard InChI is InChI=1S/C30H32FN3O6S2/c1-4-41(36,37)33-25-17-26-24(28(30(35)32-3)29(40-26)20-11-13-22(31)14-12-20)16-23(25)21-9-7-15-34(18-21)42(38,39)27-10-6-5-8-19(27)2/h5-6,8,10-14,16-17,21,33H,4,7,9,15,18H2,1-3H3,(H,32,35)/t21-/m1/s1. The number of furan rings is 1. The van der Waals surface area contributed by atoms with Gasteiger partial charge < -0.3 is 9.73 Å². The van der Waals surface area contributed by atoms with Gasteiger partial charge in [0.1, 0.15) is 17.2 Å². The minimum Gasteiger partial charge on any atom is -0.455 e. The van der Waals surface area contributed by atoms with Gasteiger partial charge in [0.25, 0.3) is 5.91 Å². The summed E-state index contributed by atoms with van der Waals surface area (Å²) < 4.78 is 76.6. The summed E-state index contributed by atoms with van der Waals surface area (Å²) in [6, 6.07) is 15.5. The van der Waals surface area contributed by atoms with E-state index in [1.807, 2.05) is 0 Å². The van der Waals surface area contributed by atoms with Crippen molar-refractivity contribution in [3.05, 3.63) is 83.2 Å². The first-order valence-corrected chi connectivity index (χ1v) is 16.7. The van der Waals surface area contributed by atoms with Crippen molar-refractivity contribution >= 4 is 42.6 Å². The molecule has 1 atom stereocenters. The predicted octanol–water partition coefficient (Wildman–Crippen LogP) is 5.24. The molecule has 1 fully saturated rings. The van der Waals surface area contributed by atoms with E-state index in [4.69, 9.17) is 4.42 Å². The highest BCUT2D eigenvalue weighted by Crippen LogP contribution is 2.41. The number of rotatable bonds is 8. The summed E-state index contributed by atoms with van der Waals surface area (Å²) in [6.45, 7) is 3.72. The summed E-state index contributed by atoms with van der Waals surface area (Å²) in [5.41, 5.74) is 2.39. The topological polar surface area (TPSA) is 126 Å². The molecule has 1 aliphatic heterocycles. The average molecular weight is 614 g/mol. The molecular weight excluding hydrogens is 581 g/mol. The third-order valence-electron chi connectivity index (χ3n) is 7.60. The fraction of sp³-hybridized carbons (Fsp3) is 0.300. The molecular formula is C30H32FN3O6S2. The molecule has 0 unspecified atom stereocenters. The number of benzene rings is 3. The molecule has 1 saturated heterocycles. The number of piperidine rings is 1. The monoisotopic (exact) mass is 613 g/mol. The SMILES string of the molecule is CCS(=O)(=O)Nc1cc2oc(-c3ccc(F)cc3)c(C(=O)NC)c2cc1[C@@H]1CCCN(S(=O)(=O)c2ccccc2C)C1. The van der Waals surface area contributed by atoms with Crippen LogP contribution >= 0.6 is 0 Å². The van der Waals surface area contributed by atoms with Gasteiger partial charge in [0.05, 0.1) is 21.9 Å². The Morgan fingerprint density at radius 1 is 1.07 bits per heavy atom. The number of nitrogens with zero attached hydrogens (tertiary/aromatic N) is 1. The highest BCUT2D eigenvalue weighted by molar-refractivity contribution is 7.92. The Morgan fingerprint density at radius 2 is 1.79 bits per heavy atom. The van der Waals surface area contributed by atoms with Crippen LogP contribution in [-0.2, 0) is 20.0 Å². The molecule has 2 N–H and O–H groups in total. The molecule has 9 nitrogen and oxygen atoms in total. The number of anilines is 1. The van der Waals surface area contributed by atoms with Gasteiger partial charge in [-0.25, -0.2) is 21.2 Å². The van der Waals surface area contributed by atoms with Crippen molar-refractivity contribution in [2.45, 2.75) is 37.5 Å². The first-order valence-electron chi connectivity index (χ1n) is 13.6. The lowest BCUT2D eigenvalue weighted by atomic mass is 9.89. The Bertz CT molecular complexity index is 1870. The molecule has 1 amide bonds. The predicted molar refractivity (Wildman–Crippen MR) is 160 cm³/mol. The van der Waals surface area contributed by atoms with Gasteiger partial charge >= 0.3 is 0 Å². The van der Waals surface area contributed by atoms with Crippen LogP contribution in [0.3, 0.4) is 0 Å². The lowest BCUT2D eigenvalue weighted by Gasteiger charge is -2.33. The molecule has 0 bridgehead atoms. The number of amides is 1. The maximum atomic E-state index is 13.7. The van der Waals surface area contributed by atoms with Gasteiger partial charge in [-0.15, -0.1) is 0 Å². The van der Waals surface area contributed by atoms with Crippen LogP contribution in [0.2, 0.25) is 0 Å². The third kappa shape index (κ3) is 5.66. The van der Waals surface area contributed by atoms with Gasteiger partial charge in [0, 0.05) is 37.2 Å². The molecule has 0 radical (unpaired) electrons.